The maximum absolute atomic E-state index is 11.2. The minimum Gasteiger partial charge on any atom is -0.327 e. The Labute approximate surface area is 172 Å². The van der Waals surface area contributed by atoms with E-state index >= 15 is 0 Å². The molecule has 0 fully saturated rings. The maximum Gasteiger partial charge on any atom is 0.267 e. The summed E-state index contributed by atoms with van der Waals surface area (Å²) >= 11 is 0. The fourth-order valence-electron chi connectivity index (χ4n) is 3.40. The number of amides is 1. The molecule has 1 aromatic heterocycles. The van der Waals surface area contributed by atoms with E-state index in [1.807, 2.05) is 18.2 Å². The average molecular weight is 398 g/mol. The van der Waals surface area contributed by atoms with Crippen molar-refractivity contribution in [1.82, 2.24) is 19.9 Å². The van der Waals surface area contributed by atoms with Crippen molar-refractivity contribution in [1.29, 1.82) is 5.26 Å². The van der Waals surface area contributed by atoms with Crippen molar-refractivity contribution >= 4 is 23.0 Å². The summed E-state index contributed by atoms with van der Waals surface area (Å²) < 4.78 is 2.30. The highest BCUT2D eigenvalue weighted by atomic mass is 16.5. The summed E-state index contributed by atoms with van der Waals surface area (Å²) in [4.78, 5) is 18.5. The van der Waals surface area contributed by atoms with Crippen LogP contribution in [0.4, 0.5) is 0 Å². The zero-order valence-corrected chi connectivity index (χ0v) is 17.4. The van der Waals surface area contributed by atoms with Gasteiger partial charge in [0.25, 0.3) is 5.91 Å². The Morgan fingerprint density at radius 3 is 2.79 bits per heavy atom. The van der Waals surface area contributed by atoms with Crippen LogP contribution in [-0.4, -0.2) is 45.2 Å². The van der Waals surface area contributed by atoms with Gasteiger partial charge in [0.2, 0.25) is 0 Å². The molecule has 0 saturated heterocycles. The molecule has 1 aromatic carbocycles. The number of hydrogen-bond acceptors (Lipinski definition) is 5. The third-order valence-electron chi connectivity index (χ3n) is 5.11. The number of hydrogen-bond donors (Lipinski definition) is 2. The molecule has 29 heavy (non-hydrogen) atoms. The van der Waals surface area contributed by atoms with Crippen LogP contribution in [0.15, 0.2) is 24.3 Å². The van der Waals surface area contributed by atoms with Gasteiger partial charge in [0.05, 0.1) is 17.1 Å². The van der Waals surface area contributed by atoms with Crippen molar-refractivity contribution in [3.05, 3.63) is 35.7 Å². The molecular formula is C22H31N5O2. The number of hydroxylamine groups is 1. The highest BCUT2D eigenvalue weighted by molar-refractivity contribution is 5.91. The van der Waals surface area contributed by atoms with Gasteiger partial charge in [-0.05, 0) is 49.7 Å². The Morgan fingerprint density at radius 1 is 1.31 bits per heavy atom. The lowest BCUT2D eigenvalue weighted by Gasteiger charge is -2.19. The van der Waals surface area contributed by atoms with E-state index in [1.165, 1.54) is 6.08 Å². The molecule has 0 radical (unpaired) electrons. The summed E-state index contributed by atoms with van der Waals surface area (Å²) in [5.74, 6) is 0.506. The van der Waals surface area contributed by atoms with Crippen LogP contribution >= 0.6 is 0 Å². The Hall–Kier alpha value is -2.69. The minimum atomic E-state index is -0.562. The molecule has 2 aromatic rings. The summed E-state index contributed by atoms with van der Waals surface area (Å²) in [6, 6.07) is 8.16. The summed E-state index contributed by atoms with van der Waals surface area (Å²) in [7, 11) is 0. The number of carbonyl (C=O) groups excluding carboxylic acids is 1. The molecule has 7 heteroatoms. The number of nitriles is 1. The van der Waals surface area contributed by atoms with Crippen LogP contribution in [0.2, 0.25) is 0 Å². The second kappa shape index (κ2) is 12.0. The van der Waals surface area contributed by atoms with E-state index in [1.54, 1.807) is 11.6 Å². The summed E-state index contributed by atoms with van der Waals surface area (Å²) in [5, 5.41) is 17.3. The zero-order valence-electron chi connectivity index (χ0n) is 17.4. The first-order valence-corrected chi connectivity index (χ1v) is 10.3. The highest BCUT2D eigenvalue weighted by Gasteiger charge is 2.12. The van der Waals surface area contributed by atoms with Gasteiger partial charge < -0.3 is 9.47 Å². The minimum absolute atomic E-state index is 0.562. The van der Waals surface area contributed by atoms with Crippen LogP contribution in [0.5, 0.6) is 0 Å². The lowest BCUT2D eigenvalue weighted by atomic mass is 10.1. The molecule has 7 nitrogen and oxygen atoms in total. The summed E-state index contributed by atoms with van der Waals surface area (Å²) in [5.41, 5.74) is 4.44. The average Bonchev–Trinajstić information content (AvgIpc) is 3.09. The molecule has 0 spiro atoms. The molecule has 1 heterocycles. The number of aromatic nitrogens is 2. The van der Waals surface area contributed by atoms with Crippen molar-refractivity contribution in [2.45, 2.75) is 52.5 Å². The molecule has 0 unspecified atom stereocenters. The monoisotopic (exact) mass is 397 g/mol. The Balaban J connectivity index is 2.24. The number of fused-ring (bicyclic) bond motifs is 1. The standard InChI is InChI=1S/C22H31N5O2/c1-3-26(4-2)15-16-27-20-12-10-18(11-13-22(28)25-29)17-19(20)24-21(27)9-7-5-6-8-14-23/h10-13,17,29H,3-9,15-16H2,1-2H3,(H,25,28). The number of carbonyl (C=O) groups is 1. The Kier molecular flexibility index (Phi) is 9.35. The molecule has 0 atom stereocenters. The first kappa shape index (κ1) is 22.6. The molecule has 2 N–H and O–H groups in total. The molecule has 1 amide bonds. The first-order chi connectivity index (χ1) is 14.1. The van der Waals surface area contributed by atoms with Crippen molar-refractivity contribution in [2.75, 3.05) is 19.6 Å². The third kappa shape index (κ3) is 6.70. The molecule has 0 aliphatic heterocycles. The quantitative estimate of drug-likeness (QED) is 0.247. The van der Waals surface area contributed by atoms with Gasteiger partial charge in [0, 0.05) is 32.0 Å². The first-order valence-electron chi connectivity index (χ1n) is 10.3. The predicted molar refractivity (Wildman–Crippen MR) is 114 cm³/mol. The van der Waals surface area contributed by atoms with E-state index < -0.39 is 5.91 Å². The Morgan fingerprint density at radius 2 is 2.10 bits per heavy atom. The van der Waals surface area contributed by atoms with Crippen LogP contribution in [0.1, 0.15) is 50.9 Å². The Bertz CT molecular complexity index is 862. The van der Waals surface area contributed by atoms with Crippen LogP contribution in [0.25, 0.3) is 17.1 Å². The largest absolute Gasteiger partial charge is 0.327 e. The fraction of sp³-hybridized carbons (Fsp3) is 0.500. The number of unbranched alkanes of at least 4 members (excludes halogenated alkanes) is 3. The smallest absolute Gasteiger partial charge is 0.267 e. The molecule has 0 aliphatic carbocycles. The van der Waals surface area contributed by atoms with Crippen molar-refractivity contribution < 1.29 is 10.0 Å². The second-order valence-corrected chi connectivity index (χ2v) is 6.98. The van der Waals surface area contributed by atoms with Gasteiger partial charge in [-0.3, -0.25) is 10.0 Å². The van der Waals surface area contributed by atoms with Gasteiger partial charge in [-0.2, -0.15) is 5.26 Å². The van der Waals surface area contributed by atoms with Gasteiger partial charge >= 0.3 is 0 Å². The van der Waals surface area contributed by atoms with Crippen molar-refractivity contribution in [2.24, 2.45) is 0 Å². The van der Waals surface area contributed by atoms with Crippen LogP contribution in [-0.2, 0) is 17.8 Å². The number of rotatable bonds is 12. The van der Waals surface area contributed by atoms with Gasteiger partial charge in [-0.1, -0.05) is 26.3 Å². The lowest BCUT2D eigenvalue weighted by Crippen LogP contribution is -2.27. The van der Waals surface area contributed by atoms with E-state index in [0.717, 1.165) is 74.3 Å². The van der Waals surface area contributed by atoms with Crippen molar-refractivity contribution in [3.63, 3.8) is 0 Å². The van der Waals surface area contributed by atoms with Crippen LogP contribution in [0.3, 0.4) is 0 Å². The van der Waals surface area contributed by atoms with Gasteiger partial charge in [0.15, 0.2) is 0 Å². The number of imidazole rings is 1. The van der Waals surface area contributed by atoms with E-state index in [9.17, 15) is 4.79 Å². The predicted octanol–water partition coefficient (Wildman–Crippen LogP) is 3.52. The molecule has 156 valence electrons. The van der Waals surface area contributed by atoms with E-state index in [0.29, 0.717) is 6.42 Å². The van der Waals surface area contributed by atoms with E-state index in [2.05, 4.69) is 29.4 Å². The third-order valence-corrected chi connectivity index (χ3v) is 5.11. The summed E-state index contributed by atoms with van der Waals surface area (Å²) in [6.45, 7) is 8.24. The molecule has 2 rings (SSSR count). The lowest BCUT2D eigenvalue weighted by molar-refractivity contribution is -0.124. The number of likely N-dealkylation sites (N-methyl/N-ethyl adjacent to an activating group) is 1. The van der Waals surface area contributed by atoms with Crippen molar-refractivity contribution in [3.8, 4) is 6.07 Å². The number of benzene rings is 1. The molecule has 0 saturated carbocycles. The molecule has 0 aliphatic rings. The fourth-order valence-corrected chi connectivity index (χ4v) is 3.40. The molecular weight excluding hydrogens is 366 g/mol. The SMILES string of the molecule is CCN(CC)CCn1c(CCCCCC#N)nc2cc(C=CC(=O)NO)ccc21. The normalized spacial score (nSPS) is 11.4. The maximum atomic E-state index is 11.2. The number of aryl methyl sites for hydroxylation is 1. The van der Waals surface area contributed by atoms with Gasteiger partial charge in [-0.15, -0.1) is 0 Å². The zero-order chi connectivity index (χ0) is 21.1. The van der Waals surface area contributed by atoms with E-state index in [4.69, 9.17) is 15.5 Å². The second-order valence-electron chi connectivity index (χ2n) is 6.98. The molecule has 0 bridgehead atoms. The van der Waals surface area contributed by atoms with E-state index in [-0.39, 0.29) is 0 Å². The number of nitrogens with zero attached hydrogens (tertiary/aromatic N) is 4. The van der Waals surface area contributed by atoms with Gasteiger partial charge in [0.1, 0.15) is 5.82 Å². The summed E-state index contributed by atoms with van der Waals surface area (Å²) in [6.07, 6.45) is 7.40. The van der Waals surface area contributed by atoms with Crippen LogP contribution < -0.4 is 5.48 Å². The van der Waals surface area contributed by atoms with Gasteiger partial charge in [-0.25, -0.2) is 10.5 Å². The highest BCUT2D eigenvalue weighted by Crippen LogP contribution is 2.21. The number of nitrogens with one attached hydrogen (secondary N) is 1. The topological polar surface area (TPSA) is 94.2 Å². The van der Waals surface area contributed by atoms with Crippen LogP contribution in [0, 0.1) is 11.3 Å².